The number of amides is 4. The minimum Gasteiger partial charge on any atom is -0.481 e. The second-order valence-electron chi connectivity index (χ2n) is 8.74. The van der Waals surface area contributed by atoms with E-state index in [4.69, 9.17) is 10.2 Å². The molecule has 0 bridgehead atoms. The largest absolute Gasteiger partial charge is 0.481 e. The van der Waals surface area contributed by atoms with Gasteiger partial charge < -0.3 is 31.5 Å². The number of aliphatic carboxylic acids is 2. The number of nitrogens with one attached hydrogen (secondary N) is 4. The monoisotopic (exact) mass is 504 g/mol. The van der Waals surface area contributed by atoms with Crippen LogP contribution in [0.3, 0.4) is 0 Å². The van der Waals surface area contributed by atoms with Gasteiger partial charge >= 0.3 is 24.0 Å². The number of thioether (sulfide) groups is 1. The second-order valence-corrected chi connectivity index (χ2v) is 11.7. The summed E-state index contributed by atoms with van der Waals surface area (Å²) in [5.74, 6) is -0.0564. The number of unbranched alkanes of at least 4 members (excludes halogenated alkanes) is 2. The van der Waals surface area contributed by atoms with Crippen LogP contribution in [0.5, 0.6) is 0 Å². The lowest BCUT2D eigenvalue weighted by molar-refractivity contribution is -0.138. The van der Waals surface area contributed by atoms with E-state index in [1.54, 1.807) is 0 Å². The first-order chi connectivity index (χ1) is 15.7. The molecule has 0 aromatic carbocycles. The molecule has 0 aliphatic carbocycles. The van der Waals surface area contributed by atoms with Crippen LogP contribution >= 0.6 is 11.8 Å². The van der Waals surface area contributed by atoms with Crippen molar-refractivity contribution in [1.29, 1.82) is 0 Å². The van der Waals surface area contributed by atoms with Gasteiger partial charge in [-0.3, -0.25) is 13.8 Å². The number of fused-ring (bicyclic) bond motifs is 2. The molecule has 6 N–H and O–H groups in total. The molecule has 4 amide bonds. The molecule has 0 radical (unpaired) electrons. The van der Waals surface area contributed by atoms with Gasteiger partial charge in [0, 0.05) is 40.4 Å². The van der Waals surface area contributed by atoms with Crippen molar-refractivity contribution < 1.29 is 33.6 Å². The first kappa shape index (κ1) is 25.6. The van der Waals surface area contributed by atoms with Crippen molar-refractivity contribution in [3.05, 3.63) is 0 Å². The van der Waals surface area contributed by atoms with E-state index in [0.29, 0.717) is 23.8 Å². The fourth-order valence-electron chi connectivity index (χ4n) is 4.71. The maximum atomic E-state index is 11.8. The third-order valence-corrected chi connectivity index (χ3v) is 9.73. The van der Waals surface area contributed by atoms with Crippen LogP contribution in [0.1, 0.15) is 51.4 Å². The fourth-order valence-corrected chi connectivity index (χ4v) is 8.16. The number of carboxylic acid groups (broad SMARTS) is 2. The van der Waals surface area contributed by atoms with Crippen molar-refractivity contribution in [1.82, 2.24) is 21.3 Å². The van der Waals surface area contributed by atoms with Crippen molar-refractivity contribution in [2.24, 2.45) is 0 Å². The number of carboxylic acids is 2. The van der Waals surface area contributed by atoms with E-state index in [1.165, 1.54) is 0 Å². The number of carbonyl (C=O) groups excluding carboxylic acids is 2. The molecule has 0 spiro atoms. The lowest BCUT2D eigenvalue weighted by Crippen LogP contribution is -2.38. The van der Waals surface area contributed by atoms with Crippen LogP contribution in [0.2, 0.25) is 0 Å². The SMILES string of the molecule is O=C(O)CCCC[C@@H]1SCC2NC(=O)N[C@@H]21.O=C(O)CCCC[C@H]1[C@H]2NC(=O)NC2CS1=O. The van der Waals surface area contributed by atoms with Crippen LogP contribution in [0.15, 0.2) is 0 Å². The molecule has 11 nitrogen and oxygen atoms in total. The zero-order valence-corrected chi connectivity index (χ0v) is 19.9. The Balaban J connectivity index is 0.000000186. The smallest absolute Gasteiger partial charge is 0.315 e. The number of hydrogen-bond donors (Lipinski definition) is 6. The van der Waals surface area contributed by atoms with Crippen molar-refractivity contribution >= 4 is 46.6 Å². The summed E-state index contributed by atoms with van der Waals surface area (Å²) >= 11 is 1.87. The Bertz CT molecular complexity index is 784. The van der Waals surface area contributed by atoms with Crippen LogP contribution in [-0.2, 0) is 20.4 Å². The highest BCUT2D eigenvalue weighted by molar-refractivity contribution is 8.00. The molecule has 4 saturated heterocycles. The maximum Gasteiger partial charge on any atom is 0.315 e. The maximum absolute atomic E-state index is 11.8. The van der Waals surface area contributed by atoms with E-state index in [-0.39, 0.29) is 54.3 Å². The molecule has 0 aromatic rings. The van der Waals surface area contributed by atoms with Gasteiger partial charge in [-0.25, -0.2) is 9.59 Å². The molecular weight excluding hydrogens is 472 g/mol. The average Bonchev–Trinajstić information content (AvgIpc) is 3.44. The number of carbonyl (C=O) groups is 4. The third kappa shape index (κ3) is 7.23. The van der Waals surface area contributed by atoms with Gasteiger partial charge in [-0.05, 0) is 25.7 Å². The average molecular weight is 505 g/mol. The zero-order valence-electron chi connectivity index (χ0n) is 18.3. The van der Waals surface area contributed by atoms with E-state index in [9.17, 15) is 23.4 Å². The highest BCUT2D eigenvalue weighted by Gasteiger charge is 2.46. The Hall–Kier alpha value is -2.02. The van der Waals surface area contributed by atoms with Crippen LogP contribution < -0.4 is 21.3 Å². The highest BCUT2D eigenvalue weighted by atomic mass is 32.2. The van der Waals surface area contributed by atoms with Crippen LogP contribution in [-0.4, -0.2) is 84.6 Å². The van der Waals surface area contributed by atoms with Crippen LogP contribution in [0, 0.1) is 0 Å². The molecule has 3 unspecified atom stereocenters. The van der Waals surface area contributed by atoms with Gasteiger partial charge in [0.25, 0.3) is 0 Å². The van der Waals surface area contributed by atoms with E-state index in [1.807, 2.05) is 11.8 Å². The Morgan fingerprint density at radius 1 is 0.848 bits per heavy atom. The van der Waals surface area contributed by atoms with Gasteiger partial charge in [0.15, 0.2) is 0 Å². The summed E-state index contributed by atoms with van der Waals surface area (Å²) in [6, 6.07) is 0.184. The van der Waals surface area contributed by atoms with E-state index in [0.717, 1.165) is 31.4 Å². The highest BCUT2D eigenvalue weighted by Crippen LogP contribution is 2.33. The summed E-state index contributed by atoms with van der Waals surface area (Å²) in [6.45, 7) is 0. The summed E-state index contributed by atoms with van der Waals surface area (Å²) in [7, 11) is -0.923. The summed E-state index contributed by atoms with van der Waals surface area (Å²) in [5, 5.41) is 28.8. The fraction of sp³-hybridized carbons (Fsp3) is 0.800. The molecule has 4 heterocycles. The van der Waals surface area contributed by atoms with E-state index in [2.05, 4.69) is 21.3 Å². The molecule has 0 saturated carbocycles. The zero-order chi connectivity index (χ0) is 24.0. The molecule has 13 heteroatoms. The Labute approximate surface area is 199 Å². The molecule has 33 heavy (non-hydrogen) atoms. The lowest BCUT2D eigenvalue weighted by Gasteiger charge is -2.16. The molecule has 4 fully saturated rings. The summed E-state index contributed by atoms with van der Waals surface area (Å²) in [5.41, 5.74) is 0. The third-order valence-electron chi connectivity index (χ3n) is 6.33. The number of urea groups is 2. The predicted molar refractivity (Wildman–Crippen MR) is 124 cm³/mol. The van der Waals surface area contributed by atoms with Gasteiger partial charge in [-0.1, -0.05) is 12.8 Å². The predicted octanol–water partition coefficient (Wildman–Crippen LogP) is 0.609. The topological polar surface area (TPSA) is 174 Å². The van der Waals surface area contributed by atoms with Gasteiger partial charge in [-0.15, -0.1) is 0 Å². The Kier molecular flexibility index (Phi) is 9.24. The molecular formula is C20H32N4O7S2. The first-order valence-electron chi connectivity index (χ1n) is 11.3. The number of rotatable bonds is 10. The molecule has 186 valence electrons. The van der Waals surface area contributed by atoms with Gasteiger partial charge in [0.05, 0.1) is 29.4 Å². The van der Waals surface area contributed by atoms with Crippen molar-refractivity contribution in [2.75, 3.05) is 11.5 Å². The minimum absolute atomic E-state index is 0.0205. The van der Waals surface area contributed by atoms with Gasteiger partial charge in [-0.2, -0.15) is 11.8 Å². The minimum atomic E-state index is -0.923. The second kappa shape index (κ2) is 11.9. The molecule has 4 aliphatic heterocycles. The summed E-state index contributed by atoms with van der Waals surface area (Å²) in [6.07, 6.45) is 5.08. The summed E-state index contributed by atoms with van der Waals surface area (Å²) in [4.78, 5) is 42.9. The first-order valence-corrected chi connectivity index (χ1v) is 13.7. The molecule has 4 rings (SSSR count). The number of hydrogen-bond acceptors (Lipinski definition) is 6. The van der Waals surface area contributed by atoms with Crippen molar-refractivity contribution in [3.8, 4) is 0 Å². The molecule has 4 aliphatic rings. The van der Waals surface area contributed by atoms with Gasteiger partial charge in [0.1, 0.15) is 0 Å². The van der Waals surface area contributed by atoms with E-state index >= 15 is 0 Å². The standard InChI is InChI=1S/C10H16N2O4S.C10H16N2O3S/c13-8(14)4-2-1-3-7-9-6(5-17(7)16)11-10(15)12-9;13-8(14)4-2-1-3-7-9-6(5-16-7)11-10(15)12-9/h6-7,9H,1-5H2,(H,13,14)(H2,11,12,15);6-7,9H,1-5H2,(H,13,14)(H2,11,12,15)/t6?,7-,9-,17?;6?,7-,9-/m00/s1. The summed E-state index contributed by atoms with van der Waals surface area (Å²) < 4.78 is 11.8. The molecule has 7 atom stereocenters. The van der Waals surface area contributed by atoms with Gasteiger partial charge in [0.2, 0.25) is 0 Å². The Morgan fingerprint density at radius 2 is 1.42 bits per heavy atom. The van der Waals surface area contributed by atoms with Crippen LogP contribution in [0.4, 0.5) is 9.59 Å². The van der Waals surface area contributed by atoms with E-state index < -0.39 is 22.7 Å². The lowest BCUT2D eigenvalue weighted by atomic mass is 10.0. The quantitative estimate of drug-likeness (QED) is 0.185. The Morgan fingerprint density at radius 3 is 2.06 bits per heavy atom. The van der Waals surface area contributed by atoms with Crippen molar-refractivity contribution in [2.45, 2.75) is 86.0 Å². The normalized spacial score (nSPS) is 33.6. The van der Waals surface area contributed by atoms with Crippen molar-refractivity contribution in [3.63, 3.8) is 0 Å². The molecule has 0 aromatic heterocycles. The van der Waals surface area contributed by atoms with Crippen LogP contribution in [0.25, 0.3) is 0 Å².